The number of hydrogen-bond donors (Lipinski definition) is 0. The molecule has 0 spiro atoms. The van der Waals surface area contributed by atoms with Crippen LogP contribution in [-0.4, -0.2) is 9.49 Å². The Labute approximate surface area is 184 Å². The van der Waals surface area contributed by atoms with E-state index in [1.54, 1.807) is 6.07 Å². The van der Waals surface area contributed by atoms with E-state index in [0.29, 0.717) is 5.56 Å². The summed E-state index contributed by atoms with van der Waals surface area (Å²) in [5, 5.41) is 16.1. The van der Waals surface area contributed by atoms with E-state index in [1.807, 2.05) is 66.7 Å². The van der Waals surface area contributed by atoms with Gasteiger partial charge in [0.15, 0.2) is 0 Å². The minimum Gasteiger partial charge on any atom is -0.309 e. The number of nitro groups is 1. The number of aromatic nitrogens is 1. The number of nitrogens with zero attached hydrogens (tertiary/aromatic N) is 2. The zero-order chi connectivity index (χ0) is 21.7. The lowest BCUT2D eigenvalue weighted by atomic mass is 9.95. The maximum atomic E-state index is 11.9. The van der Waals surface area contributed by atoms with E-state index in [-0.39, 0.29) is 10.6 Å². The standard InChI is InChI=1S/C28H18N2O2/c31-30(32)26-17-15-19-8-4-5-11-22(19)28(26)20-14-16-24-23-12-6-7-13-25(23)29(27(24)18-20)21-9-2-1-3-10-21/h1-18H. The molecular weight excluding hydrogens is 396 g/mol. The van der Waals surface area contributed by atoms with Crippen LogP contribution in [0.4, 0.5) is 5.69 Å². The highest BCUT2D eigenvalue weighted by Gasteiger charge is 2.20. The minimum atomic E-state index is -0.293. The van der Waals surface area contributed by atoms with Gasteiger partial charge in [0.05, 0.1) is 21.5 Å². The molecule has 5 aromatic carbocycles. The third-order valence-corrected chi connectivity index (χ3v) is 6.08. The fraction of sp³-hybridized carbons (Fsp3) is 0. The second-order valence-corrected chi connectivity index (χ2v) is 7.86. The Hall–Kier alpha value is -4.44. The van der Waals surface area contributed by atoms with Gasteiger partial charge in [-0.05, 0) is 46.7 Å². The summed E-state index contributed by atoms with van der Waals surface area (Å²) in [5.41, 5.74) is 4.80. The molecule has 0 saturated heterocycles. The maximum absolute atomic E-state index is 11.9. The number of hydrogen-bond acceptors (Lipinski definition) is 2. The topological polar surface area (TPSA) is 48.1 Å². The van der Waals surface area contributed by atoms with Gasteiger partial charge in [-0.1, -0.05) is 72.8 Å². The number of para-hydroxylation sites is 2. The molecule has 0 atom stereocenters. The molecule has 0 bridgehead atoms. The molecule has 0 radical (unpaired) electrons. The first-order valence-corrected chi connectivity index (χ1v) is 10.5. The van der Waals surface area contributed by atoms with Crippen molar-refractivity contribution in [2.75, 3.05) is 0 Å². The molecule has 0 N–H and O–H groups in total. The first-order chi connectivity index (χ1) is 15.7. The van der Waals surface area contributed by atoms with E-state index in [2.05, 4.69) is 41.0 Å². The molecule has 0 aliphatic rings. The third kappa shape index (κ3) is 2.70. The van der Waals surface area contributed by atoms with Crippen molar-refractivity contribution in [2.24, 2.45) is 0 Å². The molecule has 32 heavy (non-hydrogen) atoms. The van der Waals surface area contributed by atoms with Crippen molar-refractivity contribution < 1.29 is 4.92 Å². The normalized spacial score (nSPS) is 11.4. The summed E-state index contributed by atoms with van der Waals surface area (Å²) >= 11 is 0. The molecule has 4 nitrogen and oxygen atoms in total. The zero-order valence-electron chi connectivity index (χ0n) is 17.1. The summed E-state index contributed by atoms with van der Waals surface area (Å²) in [6, 6.07) is 35.9. The molecule has 4 heteroatoms. The van der Waals surface area contributed by atoms with Crippen LogP contribution in [0.5, 0.6) is 0 Å². The van der Waals surface area contributed by atoms with Crippen molar-refractivity contribution >= 4 is 38.3 Å². The van der Waals surface area contributed by atoms with Gasteiger partial charge in [-0.3, -0.25) is 10.1 Å². The van der Waals surface area contributed by atoms with Gasteiger partial charge in [-0.2, -0.15) is 0 Å². The highest BCUT2D eigenvalue weighted by molar-refractivity contribution is 6.11. The summed E-state index contributed by atoms with van der Waals surface area (Å²) in [6.07, 6.45) is 0. The zero-order valence-corrected chi connectivity index (χ0v) is 17.1. The van der Waals surface area contributed by atoms with Crippen LogP contribution in [0.2, 0.25) is 0 Å². The Morgan fingerprint density at radius 3 is 2.12 bits per heavy atom. The smallest absolute Gasteiger partial charge is 0.277 e. The highest BCUT2D eigenvalue weighted by atomic mass is 16.6. The van der Waals surface area contributed by atoms with Crippen LogP contribution in [0.1, 0.15) is 0 Å². The van der Waals surface area contributed by atoms with Gasteiger partial charge in [0.1, 0.15) is 0 Å². The van der Waals surface area contributed by atoms with Crippen molar-refractivity contribution in [3.8, 4) is 16.8 Å². The number of rotatable bonds is 3. The van der Waals surface area contributed by atoms with Crippen LogP contribution in [0, 0.1) is 10.1 Å². The summed E-state index contributed by atoms with van der Waals surface area (Å²) in [5.74, 6) is 0. The molecular formula is C28H18N2O2. The molecule has 152 valence electrons. The van der Waals surface area contributed by atoms with Crippen molar-refractivity contribution in [1.82, 2.24) is 4.57 Å². The molecule has 6 aromatic rings. The van der Waals surface area contributed by atoms with Crippen LogP contribution >= 0.6 is 0 Å². The van der Waals surface area contributed by atoms with E-state index >= 15 is 0 Å². The van der Waals surface area contributed by atoms with E-state index in [0.717, 1.165) is 43.8 Å². The van der Waals surface area contributed by atoms with Gasteiger partial charge in [0.2, 0.25) is 0 Å². The molecule has 0 saturated carbocycles. The lowest BCUT2D eigenvalue weighted by Crippen LogP contribution is -1.95. The predicted molar refractivity (Wildman–Crippen MR) is 130 cm³/mol. The minimum absolute atomic E-state index is 0.116. The van der Waals surface area contributed by atoms with Gasteiger partial charge in [0.25, 0.3) is 5.69 Å². The Morgan fingerprint density at radius 1 is 0.625 bits per heavy atom. The first kappa shape index (κ1) is 18.3. The third-order valence-electron chi connectivity index (χ3n) is 6.08. The van der Waals surface area contributed by atoms with Crippen LogP contribution in [0.25, 0.3) is 49.4 Å². The molecule has 0 aliphatic carbocycles. The van der Waals surface area contributed by atoms with Crippen LogP contribution in [0.15, 0.2) is 109 Å². The van der Waals surface area contributed by atoms with Crippen LogP contribution < -0.4 is 0 Å². The van der Waals surface area contributed by atoms with E-state index < -0.39 is 0 Å². The average molecular weight is 414 g/mol. The van der Waals surface area contributed by atoms with Gasteiger partial charge in [0, 0.05) is 22.5 Å². The fourth-order valence-electron chi connectivity index (χ4n) is 4.70. The lowest BCUT2D eigenvalue weighted by molar-refractivity contribution is -0.384. The van der Waals surface area contributed by atoms with Crippen molar-refractivity contribution in [3.63, 3.8) is 0 Å². The predicted octanol–water partition coefficient (Wildman–Crippen LogP) is 7.51. The lowest BCUT2D eigenvalue weighted by Gasteiger charge is -2.11. The molecule has 0 fully saturated rings. The molecule has 0 amide bonds. The fourth-order valence-corrected chi connectivity index (χ4v) is 4.70. The van der Waals surface area contributed by atoms with Gasteiger partial charge in [-0.25, -0.2) is 0 Å². The van der Waals surface area contributed by atoms with Crippen molar-refractivity contribution in [1.29, 1.82) is 0 Å². The van der Waals surface area contributed by atoms with Crippen LogP contribution in [0.3, 0.4) is 0 Å². The number of nitro benzene ring substituents is 1. The molecule has 1 aromatic heterocycles. The second-order valence-electron chi connectivity index (χ2n) is 7.86. The van der Waals surface area contributed by atoms with Crippen molar-refractivity contribution in [3.05, 3.63) is 119 Å². The second kappa shape index (κ2) is 7.06. The highest BCUT2D eigenvalue weighted by Crippen LogP contribution is 2.40. The summed E-state index contributed by atoms with van der Waals surface area (Å²) in [7, 11) is 0. The summed E-state index contributed by atoms with van der Waals surface area (Å²) in [6.45, 7) is 0. The Bertz CT molecular complexity index is 1650. The summed E-state index contributed by atoms with van der Waals surface area (Å²) in [4.78, 5) is 11.6. The maximum Gasteiger partial charge on any atom is 0.277 e. The molecule has 6 rings (SSSR count). The van der Waals surface area contributed by atoms with Gasteiger partial charge < -0.3 is 4.57 Å². The largest absolute Gasteiger partial charge is 0.309 e. The Morgan fingerprint density at radius 2 is 1.31 bits per heavy atom. The first-order valence-electron chi connectivity index (χ1n) is 10.5. The molecule has 1 heterocycles. The SMILES string of the molecule is O=[N+]([O-])c1ccc2ccccc2c1-c1ccc2c3ccccc3n(-c3ccccc3)c2c1. The van der Waals surface area contributed by atoms with Gasteiger partial charge in [-0.15, -0.1) is 0 Å². The number of benzene rings is 5. The Kier molecular flexibility index (Phi) is 4.05. The van der Waals surface area contributed by atoms with E-state index in [4.69, 9.17) is 0 Å². The molecule has 0 aliphatic heterocycles. The van der Waals surface area contributed by atoms with Crippen molar-refractivity contribution in [2.45, 2.75) is 0 Å². The van der Waals surface area contributed by atoms with Crippen LogP contribution in [-0.2, 0) is 0 Å². The van der Waals surface area contributed by atoms with E-state index in [1.165, 1.54) is 0 Å². The van der Waals surface area contributed by atoms with E-state index in [9.17, 15) is 10.1 Å². The van der Waals surface area contributed by atoms with Gasteiger partial charge >= 0.3 is 0 Å². The molecule has 0 unspecified atom stereocenters. The number of fused-ring (bicyclic) bond motifs is 4. The monoisotopic (exact) mass is 414 g/mol. The summed E-state index contributed by atoms with van der Waals surface area (Å²) < 4.78 is 2.23. The average Bonchev–Trinajstić information content (AvgIpc) is 3.17. The quantitative estimate of drug-likeness (QED) is 0.222. The Balaban J connectivity index is 1.74.